The van der Waals surface area contributed by atoms with Gasteiger partial charge in [0, 0.05) is 31.6 Å². The number of benzene rings is 2. The normalized spacial score (nSPS) is 25.6. The Balaban J connectivity index is 1.64. The van der Waals surface area contributed by atoms with Gasteiger partial charge in [0.2, 0.25) is 11.8 Å². The third-order valence-electron chi connectivity index (χ3n) is 8.66. The zero-order valence-corrected chi connectivity index (χ0v) is 26.0. The van der Waals surface area contributed by atoms with Crippen LogP contribution < -0.4 is 15.4 Å². The quantitative estimate of drug-likeness (QED) is 0.371. The maximum absolute atomic E-state index is 14.1. The number of unbranched alkanes of at least 4 members (excludes halogenated alkanes) is 1. The number of ether oxygens (including phenoxy) is 2. The zero-order valence-electron chi connectivity index (χ0n) is 26.0. The number of rotatable bonds is 8. The summed E-state index contributed by atoms with van der Waals surface area (Å²) in [6.45, 7) is 4.33. The van der Waals surface area contributed by atoms with E-state index >= 15 is 0 Å². The molecule has 0 unspecified atom stereocenters. The van der Waals surface area contributed by atoms with Crippen molar-refractivity contribution in [3.8, 4) is 5.75 Å². The Morgan fingerprint density at radius 1 is 1.16 bits per heavy atom. The molecule has 2 aliphatic rings. The fourth-order valence-corrected chi connectivity index (χ4v) is 6.09. The molecule has 0 aromatic heterocycles. The molecule has 2 aromatic rings. The van der Waals surface area contributed by atoms with Crippen LogP contribution in [0.25, 0.3) is 0 Å². The molecule has 240 valence electrons. The summed E-state index contributed by atoms with van der Waals surface area (Å²) in [5, 5.41) is 17.8. The Bertz CT molecular complexity index is 1300. The summed E-state index contributed by atoms with van der Waals surface area (Å²) in [7, 11) is 3.22. The Morgan fingerprint density at radius 3 is 2.61 bits per heavy atom. The number of likely N-dealkylation sites (N-methyl/N-ethyl adjacent to an activating group) is 1. The smallest absolute Gasteiger partial charge is 0.243 e. The fourth-order valence-electron chi connectivity index (χ4n) is 6.09. The predicted molar refractivity (Wildman–Crippen MR) is 164 cm³/mol. The van der Waals surface area contributed by atoms with Crippen molar-refractivity contribution in [3.05, 3.63) is 76.9 Å². The molecule has 1 aliphatic carbocycles. The Labute approximate surface area is 258 Å². The molecule has 2 bridgehead atoms. The monoisotopic (exact) mass is 613 g/mol. The molecule has 0 saturated heterocycles. The summed E-state index contributed by atoms with van der Waals surface area (Å²) in [5.41, 5.74) is 2.33. The van der Waals surface area contributed by atoms with Crippen molar-refractivity contribution in [2.45, 2.75) is 82.7 Å². The first-order chi connectivity index (χ1) is 21.1. The number of halogens is 2. The van der Waals surface area contributed by atoms with Gasteiger partial charge in [0.15, 0.2) is 0 Å². The summed E-state index contributed by atoms with van der Waals surface area (Å²) < 4.78 is 39.8. The number of amides is 2. The van der Waals surface area contributed by atoms with E-state index in [1.54, 1.807) is 14.2 Å². The molecular formula is C34H45F2N3O5. The van der Waals surface area contributed by atoms with Gasteiger partial charge < -0.3 is 30.1 Å². The second-order valence-electron chi connectivity index (χ2n) is 11.9. The number of hydrogen-bond acceptors (Lipinski definition) is 6. The van der Waals surface area contributed by atoms with E-state index < -0.39 is 35.7 Å². The molecule has 8 nitrogen and oxygen atoms in total. The molecule has 10 heteroatoms. The number of aliphatic hydroxyl groups excluding tert-OH is 1. The average molecular weight is 614 g/mol. The predicted octanol–water partition coefficient (Wildman–Crippen LogP) is 4.77. The van der Waals surface area contributed by atoms with Crippen LogP contribution in [0.5, 0.6) is 5.75 Å². The number of methoxy groups -OCH3 is 1. The first-order valence-corrected chi connectivity index (χ1v) is 15.5. The molecule has 2 amide bonds. The van der Waals surface area contributed by atoms with Gasteiger partial charge in [-0.05, 0) is 66.6 Å². The zero-order chi connectivity index (χ0) is 31.8. The number of nitrogens with one attached hydrogen (secondary N) is 2. The van der Waals surface area contributed by atoms with Gasteiger partial charge in [0.25, 0.3) is 0 Å². The molecule has 0 spiro atoms. The lowest BCUT2D eigenvalue weighted by molar-refractivity contribution is -0.142. The topological polar surface area (TPSA) is 100 Å². The average Bonchev–Trinajstić information content (AvgIpc) is 3.34. The van der Waals surface area contributed by atoms with E-state index in [0.717, 1.165) is 30.0 Å². The Morgan fingerprint density at radius 2 is 1.91 bits per heavy atom. The van der Waals surface area contributed by atoms with Crippen molar-refractivity contribution in [2.24, 2.45) is 5.92 Å². The van der Waals surface area contributed by atoms with Crippen molar-refractivity contribution in [2.75, 3.05) is 27.3 Å². The fraction of sp³-hybridized carbons (Fsp3) is 0.529. The van der Waals surface area contributed by atoms with E-state index in [1.807, 2.05) is 37.3 Å². The van der Waals surface area contributed by atoms with Crippen molar-refractivity contribution in [3.63, 3.8) is 0 Å². The van der Waals surface area contributed by atoms with Crippen molar-refractivity contribution < 1.29 is 33.0 Å². The number of nitrogens with zero attached hydrogens (tertiary/aromatic N) is 1. The number of aliphatic hydroxyl groups is 1. The van der Waals surface area contributed by atoms with Gasteiger partial charge in [0.05, 0.1) is 32.0 Å². The molecule has 4 rings (SSSR count). The number of carbonyl (C=O) groups excluding carboxylic acids is 2. The summed E-state index contributed by atoms with van der Waals surface area (Å²) in [6, 6.07) is 7.09. The van der Waals surface area contributed by atoms with Crippen LogP contribution in [-0.2, 0) is 20.7 Å². The minimum atomic E-state index is -1.12. The Kier molecular flexibility index (Phi) is 11.9. The summed E-state index contributed by atoms with van der Waals surface area (Å²) in [5.74, 6) is -1.64. The molecule has 1 aliphatic heterocycles. The molecule has 44 heavy (non-hydrogen) atoms. The van der Waals surface area contributed by atoms with Gasteiger partial charge >= 0.3 is 0 Å². The van der Waals surface area contributed by atoms with Crippen molar-refractivity contribution in [1.82, 2.24) is 15.5 Å². The van der Waals surface area contributed by atoms with Gasteiger partial charge in [-0.2, -0.15) is 0 Å². The molecular weight excluding hydrogens is 568 g/mol. The highest BCUT2D eigenvalue weighted by Gasteiger charge is 2.35. The molecule has 0 saturated carbocycles. The van der Waals surface area contributed by atoms with Gasteiger partial charge in [-0.3, -0.25) is 9.59 Å². The highest BCUT2D eigenvalue weighted by molar-refractivity contribution is 5.88. The maximum Gasteiger partial charge on any atom is 0.243 e. The number of carbonyl (C=O) groups is 2. The summed E-state index contributed by atoms with van der Waals surface area (Å²) in [6.07, 6.45) is 5.79. The second-order valence-corrected chi connectivity index (χ2v) is 11.9. The first kappa shape index (κ1) is 33.6. The molecule has 2 aromatic carbocycles. The molecule has 1 heterocycles. The molecule has 0 fully saturated rings. The van der Waals surface area contributed by atoms with E-state index in [-0.39, 0.29) is 43.4 Å². The van der Waals surface area contributed by atoms with Crippen LogP contribution in [0.4, 0.5) is 8.78 Å². The van der Waals surface area contributed by atoms with Crippen LogP contribution in [0.2, 0.25) is 0 Å². The van der Waals surface area contributed by atoms with E-state index in [4.69, 9.17) is 9.47 Å². The lowest BCUT2D eigenvalue weighted by Gasteiger charge is -2.32. The lowest BCUT2D eigenvalue weighted by atomic mass is 9.98. The minimum absolute atomic E-state index is 0.0167. The Hall–Kier alpha value is -3.34. The standard InChI is InChI=1S/C34H45F2N3O5/c1-5-6-9-21(2)34(42)39(3)30-10-7-8-13-44-32-19-28(27-18-25(43-4)11-12-26(27)32)37-20-31(40)29(38-33(30)41)16-22-14-23(35)17-24(36)15-22/h7-8,11-12,14-15,17-18,21,28-32,37,40H,5-6,9-10,13,16,19-20H2,1-4H3,(H,38,41)/b8-7+/t21-,28-,29-,30-,31+,32+/m0/s1. The molecule has 0 radical (unpaired) electrons. The van der Waals surface area contributed by atoms with Crippen molar-refractivity contribution in [1.29, 1.82) is 0 Å². The minimum Gasteiger partial charge on any atom is -0.497 e. The summed E-state index contributed by atoms with van der Waals surface area (Å²) in [4.78, 5) is 28.6. The number of hydrogen-bond donors (Lipinski definition) is 3. The third kappa shape index (κ3) is 8.43. The van der Waals surface area contributed by atoms with Gasteiger partial charge in [-0.15, -0.1) is 0 Å². The second kappa shape index (κ2) is 15.6. The highest BCUT2D eigenvalue weighted by atomic mass is 19.1. The van der Waals surface area contributed by atoms with Crippen molar-refractivity contribution >= 4 is 11.8 Å². The van der Waals surface area contributed by atoms with Gasteiger partial charge in [-0.1, -0.05) is 44.9 Å². The van der Waals surface area contributed by atoms with E-state index in [0.29, 0.717) is 30.8 Å². The van der Waals surface area contributed by atoms with Crippen LogP contribution in [-0.4, -0.2) is 67.3 Å². The third-order valence-corrected chi connectivity index (χ3v) is 8.66. The molecule has 6 atom stereocenters. The van der Waals surface area contributed by atoms with Crippen LogP contribution in [0, 0.1) is 17.6 Å². The highest BCUT2D eigenvalue weighted by Crippen LogP contribution is 2.42. The van der Waals surface area contributed by atoms with Crippen LogP contribution in [0.1, 0.15) is 74.8 Å². The lowest BCUT2D eigenvalue weighted by Crippen LogP contribution is -2.55. The van der Waals surface area contributed by atoms with E-state index in [1.165, 1.54) is 17.0 Å². The number of β-amino-alcohol motifs (C(OH)–C–C–N with tert-alkyl or cyclic N) is 1. The van der Waals surface area contributed by atoms with Crippen LogP contribution in [0.15, 0.2) is 48.6 Å². The summed E-state index contributed by atoms with van der Waals surface area (Å²) >= 11 is 0. The molecule has 3 N–H and O–H groups in total. The van der Waals surface area contributed by atoms with Crippen LogP contribution in [0.3, 0.4) is 0 Å². The number of fused-ring (bicyclic) bond motifs is 5. The SMILES string of the molecule is CCCC[C@H](C)C(=O)N(C)[C@H]1C/C=C/CO[C@@H]2C[C@H](NC[C@@H](O)[C@H](Cc3cc(F)cc(F)c3)NC1=O)c1cc(OC)ccc12. The van der Waals surface area contributed by atoms with Crippen LogP contribution >= 0.6 is 0 Å². The first-order valence-electron chi connectivity index (χ1n) is 15.5. The van der Waals surface area contributed by atoms with E-state index in [9.17, 15) is 23.5 Å². The largest absolute Gasteiger partial charge is 0.497 e. The van der Waals surface area contributed by atoms with E-state index in [2.05, 4.69) is 17.6 Å². The van der Waals surface area contributed by atoms with Gasteiger partial charge in [0.1, 0.15) is 23.4 Å². The maximum atomic E-state index is 14.1. The van der Waals surface area contributed by atoms with Gasteiger partial charge in [-0.25, -0.2) is 8.78 Å².